The van der Waals surface area contributed by atoms with E-state index >= 15 is 0 Å². The molecular formula is C16H17ClN2OS2. The van der Waals surface area contributed by atoms with Crippen LogP contribution >= 0.6 is 34.7 Å². The summed E-state index contributed by atoms with van der Waals surface area (Å²) in [4.78, 5) is 18.6. The Morgan fingerprint density at radius 3 is 2.73 bits per heavy atom. The first kappa shape index (κ1) is 15.8. The molecule has 0 atom stereocenters. The molecular weight excluding hydrogens is 336 g/mol. The first-order valence-electron chi connectivity index (χ1n) is 7.30. The maximum absolute atomic E-state index is 12.1. The zero-order chi connectivity index (χ0) is 15.4. The van der Waals surface area contributed by atoms with E-state index in [0.717, 1.165) is 46.7 Å². The minimum Gasteiger partial charge on any atom is -0.342 e. The number of halogens is 1. The summed E-state index contributed by atoms with van der Waals surface area (Å²) < 4.78 is 1.01. The number of nitrogens with zero attached hydrogens (tertiary/aromatic N) is 2. The molecule has 1 fully saturated rings. The Morgan fingerprint density at radius 2 is 2.00 bits per heavy atom. The molecule has 0 radical (unpaired) electrons. The molecule has 0 N–H and O–H groups in total. The van der Waals surface area contributed by atoms with Crippen molar-refractivity contribution in [1.82, 2.24) is 9.88 Å². The number of rotatable bonds is 5. The van der Waals surface area contributed by atoms with Crippen molar-refractivity contribution in [3.8, 4) is 0 Å². The Kier molecular flexibility index (Phi) is 5.39. The number of thioether (sulfide) groups is 1. The van der Waals surface area contributed by atoms with Crippen molar-refractivity contribution >= 4 is 40.6 Å². The van der Waals surface area contributed by atoms with Crippen LogP contribution in [0.15, 0.2) is 34.0 Å². The molecule has 1 amide bonds. The lowest BCUT2D eigenvalue weighted by Crippen LogP contribution is -2.29. The summed E-state index contributed by atoms with van der Waals surface area (Å²) in [6.07, 6.45) is 2.69. The summed E-state index contributed by atoms with van der Waals surface area (Å²) in [6.45, 7) is 1.81. The largest absolute Gasteiger partial charge is 0.342 e. The van der Waals surface area contributed by atoms with E-state index < -0.39 is 0 Å². The van der Waals surface area contributed by atoms with E-state index in [4.69, 9.17) is 11.6 Å². The summed E-state index contributed by atoms with van der Waals surface area (Å²) in [5.74, 6) is 1.07. The van der Waals surface area contributed by atoms with Crippen molar-refractivity contribution in [1.29, 1.82) is 0 Å². The molecule has 0 unspecified atom stereocenters. The van der Waals surface area contributed by atoms with Crippen LogP contribution in [0.1, 0.15) is 24.1 Å². The summed E-state index contributed by atoms with van der Waals surface area (Å²) >= 11 is 9.19. The van der Waals surface area contributed by atoms with Gasteiger partial charge in [-0.15, -0.1) is 11.3 Å². The number of thiazole rings is 1. The Balaban J connectivity index is 1.52. The molecule has 0 saturated carbocycles. The van der Waals surface area contributed by atoms with Gasteiger partial charge in [-0.3, -0.25) is 4.79 Å². The van der Waals surface area contributed by atoms with Gasteiger partial charge in [0.1, 0.15) is 4.34 Å². The van der Waals surface area contributed by atoms with Crippen molar-refractivity contribution in [2.75, 3.05) is 13.1 Å². The highest BCUT2D eigenvalue weighted by Gasteiger charge is 2.19. The third kappa shape index (κ3) is 4.24. The van der Waals surface area contributed by atoms with E-state index in [1.54, 1.807) is 23.1 Å². The number of hydrogen-bond acceptors (Lipinski definition) is 4. The molecule has 1 saturated heterocycles. The molecule has 1 aromatic heterocycles. The van der Waals surface area contributed by atoms with Crippen molar-refractivity contribution in [2.24, 2.45) is 0 Å². The number of hydrogen-bond donors (Lipinski definition) is 0. The van der Waals surface area contributed by atoms with Crippen LogP contribution in [0, 0.1) is 0 Å². The van der Waals surface area contributed by atoms with Gasteiger partial charge < -0.3 is 4.90 Å². The highest BCUT2D eigenvalue weighted by atomic mass is 35.5. The number of likely N-dealkylation sites (tertiary alicyclic amines) is 1. The molecule has 0 bridgehead atoms. The zero-order valence-electron chi connectivity index (χ0n) is 12.1. The fourth-order valence-electron chi connectivity index (χ4n) is 2.39. The molecule has 1 aliphatic rings. The first-order chi connectivity index (χ1) is 10.7. The van der Waals surface area contributed by atoms with Crippen LogP contribution in [0.5, 0.6) is 0 Å². The normalized spacial score (nSPS) is 14.5. The SMILES string of the molecule is O=C(Cc1csc(SCc2ccc(Cl)cc2)n1)N1CCCC1. The quantitative estimate of drug-likeness (QED) is 0.754. The molecule has 0 aliphatic carbocycles. The summed E-state index contributed by atoms with van der Waals surface area (Å²) in [5.41, 5.74) is 2.11. The van der Waals surface area contributed by atoms with Gasteiger partial charge in [-0.05, 0) is 30.5 Å². The van der Waals surface area contributed by atoms with Crippen molar-refractivity contribution in [2.45, 2.75) is 29.4 Å². The zero-order valence-corrected chi connectivity index (χ0v) is 14.5. The maximum Gasteiger partial charge on any atom is 0.228 e. The van der Waals surface area contributed by atoms with E-state index in [2.05, 4.69) is 4.98 Å². The molecule has 0 spiro atoms. The molecule has 2 heterocycles. The predicted octanol–water partition coefficient (Wildman–Crippen LogP) is 4.25. The summed E-state index contributed by atoms with van der Waals surface area (Å²) in [7, 11) is 0. The second-order valence-electron chi connectivity index (χ2n) is 5.28. The van der Waals surface area contributed by atoms with Gasteiger partial charge >= 0.3 is 0 Å². The summed E-state index contributed by atoms with van der Waals surface area (Å²) in [5, 5.41) is 2.75. The number of carbonyl (C=O) groups excluding carboxylic acids is 1. The minimum atomic E-state index is 0.206. The third-order valence-corrected chi connectivity index (χ3v) is 5.99. The molecule has 6 heteroatoms. The second kappa shape index (κ2) is 7.49. The fraction of sp³-hybridized carbons (Fsp3) is 0.375. The van der Waals surface area contributed by atoms with Gasteiger partial charge in [0.15, 0.2) is 0 Å². The molecule has 2 aromatic rings. The van der Waals surface area contributed by atoms with Gasteiger partial charge in [0.05, 0.1) is 12.1 Å². The smallest absolute Gasteiger partial charge is 0.228 e. The van der Waals surface area contributed by atoms with Crippen molar-refractivity contribution in [3.05, 3.63) is 45.9 Å². The van der Waals surface area contributed by atoms with Gasteiger partial charge in [-0.1, -0.05) is 35.5 Å². The molecule has 1 aromatic carbocycles. The van der Waals surface area contributed by atoms with Crippen LogP contribution in [0.3, 0.4) is 0 Å². The lowest BCUT2D eigenvalue weighted by Gasteiger charge is -2.13. The average Bonchev–Trinajstić information content (AvgIpc) is 3.18. The van der Waals surface area contributed by atoms with Gasteiger partial charge in [0.25, 0.3) is 0 Å². The second-order valence-corrected chi connectivity index (χ2v) is 7.80. The first-order valence-corrected chi connectivity index (χ1v) is 9.54. The van der Waals surface area contributed by atoms with Crippen LogP contribution < -0.4 is 0 Å². The highest BCUT2D eigenvalue weighted by molar-refractivity contribution is 8.00. The Hall–Kier alpha value is -1.04. The van der Waals surface area contributed by atoms with Gasteiger partial charge in [-0.2, -0.15) is 0 Å². The lowest BCUT2D eigenvalue weighted by atomic mass is 10.2. The molecule has 22 heavy (non-hydrogen) atoms. The van der Waals surface area contributed by atoms with Crippen LogP contribution in [-0.2, 0) is 17.0 Å². The van der Waals surface area contributed by atoms with E-state index in [0.29, 0.717) is 6.42 Å². The standard InChI is InChI=1S/C16H17ClN2OS2/c17-13-5-3-12(4-6-13)10-21-16-18-14(11-22-16)9-15(20)19-7-1-2-8-19/h3-6,11H,1-2,7-10H2. The molecule has 3 rings (SSSR count). The van der Waals surface area contributed by atoms with E-state index in [1.165, 1.54) is 5.56 Å². The molecule has 116 valence electrons. The van der Waals surface area contributed by atoms with E-state index in [-0.39, 0.29) is 5.91 Å². The molecule has 1 aliphatic heterocycles. The number of carbonyl (C=O) groups is 1. The Bertz CT molecular complexity index is 636. The Labute approximate surface area is 143 Å². The van der Waals surface area contributed by atoms with Gasteiger partial charge in [0, 0.05) is 29.2 Å². The van der Waals surface area contributed by atoms with Crippen molar-refractivity contribution < 1.29 is 4.79 Å². The molecule has 3 nitrogen and oxygen atoms in total. The number of aromatic nitrogens is 1. The average molecular weight is 353 g/mol. The predicted molar refractivity (Wildman–Crippen MR) is 92.6 cm³/mol. The van der Waals surface area contributed by atoms with E-state index in [9.17, 15) is 4.79 Å². The monoisotopic (exact) mass is 352 g/mol. The van der Waals surface area contributed by atoms with Crippen LogP contribution in [-0.4, -0.2) is 28.9 Å². The fourth-order valence-corrected chi connectivity index (χ4v) is 4.32. The number of amides is 1. The maximum atomic E-state index is 12.1. The highest BCUT2D eigenvalue weighted by Crippen LogP contribution is 2.27. The minimum absolute atomic E-state index is 0.206. The third-order valence-electron chi connectivity index (χ3n) is 3.60. The van der Waals surface area contributed by atoms with Crippen LogP contribution in [0.4, 0.5) is 0 Å². The van der Waals surface area contributed by atoms with E-state index in [1.807, 2.05) is 34.5 Å². The lowest BCUT2D eigenvalue weighted by molar-refractivity contribution is -0.129. The van der Waals surface area contributed by atoms with Crippen molar-refractivity contribution in [3.63, 3.8) is 0 Å². The van der Waals surface area contributed by atoms with Crippen LogP contribution in [0.2, 0.25) is 5.02 Å². The Morgan fingerprint density at radius 1 is 1.27 bits per heavy atom. The summed E-state index contributed by atoms with van der Waals surface area (Å²) in [6, 6.07) is 7.86. The number of benzene rings is 1. The topological polar surface area (TPSA) is 33.2 Å². The van der Waals surface area contributed by atoms with Crippen LogP contribution in [0.25, 0.3) is 0 Å². The van der Waals surface area contributed by atoms with Gasteiger partial charge in [-0.25, -0.2) is 4.98 Å². The van der Waals surface area contributed by atoms with Gasteiger partial charge in [0.2, 0.25) is 5.91 Å².